The van der Waals surface area contributed by atoms with E-state index in [1.807, 2.05) is 6.07 Å². The second-order valence-corrected chi connectivity index (χ2v) is 5.53. The number of halogens is 1. The highest BCUT2D eigenvalue weighted by Gasteiger charge is 2.33. The maximum absolute atomic E-state index is 13.3. The summed E-state index contributed by atoms with van der Waals surface area (Å²) >= 11 is 0. The van der Waals surface area contributed by atoms with Crippen molar-refractivity contribution in [3.05, 3.63) is 35.1 Å². The fraction of sp³-hybridized carbons (Fsp3) is 0.533. The molecule has 2 aliphatic rings. The van der Waals surface area contributed by atoms with Crippen molar-refractivity contribution in [3.63, 3.8) is 0 Å². The maximum atomic E-state index is 13.3. The van der Waals surface area contributed by atoms with Gasteiger partial charge >= 0.3 is 0 Å². The van der Waals surface area contributed by atoms with E-state index >= 15 is 0 Å². The van der Waals surface area contributed by atoms with E-state index in [0.717, 1.165) is 24.1 Å². The van der Waals surface area contributed by atoms with Crippen LogP contribution in [0.1, 0.15) is 36.8 Å². The largest absolute Gasteiger partial charge is 0.296 e. The van der Waals surface area contributed by atoms with Crippen LogP contribution in [0.15, 0.2) is 18.2 Å². The van der Waals surface area contributed by atoms with Crippen LogP contribution in [0.3, 0.4) is 0 Å². The average Bonchev–Trinajstić information content (AvgIpc) is 3.23. The third-order valence-corrected chi connectivity index (χ3v) is 3.79. The van der Waals surface area contributed by atoms with E-state index in [4.69, 9.17) is 5.26 Å². The molecule has 2 nitrogen and oxygen atoms in total. The van der Waals surface area contributed by atoms with E-state index < -0.39 is 5.82 Å². The molecule has 0 aromatic heterocycles. The molecule has 1 aromatic carbocycles. The van der Waals surface area contributed by atoms with Gasteiger partial charge in [0.2, 0.25) is 0 Å². The van der Waals surface area contributed by atoms with Crippen LogP contribution in [-0.4, -0.2) is 17.5 Å². The minimum absolute atomic E-state index is 0.162. The monoisotopic (exact) mass is 244 g/mol. The first kappa shape index (κ1) is 11.7. The fourth-order valence-electron chi connectivity index (χ4n) is 2.41. The van der Waals surface area contributed by atoms with Gasteiger partial charge in [-0.2, -0.15) is 5.26 Å². The molecule has 0 saturated heterocycles. The van der Waals surface area contributed by atoms with Gasteiger partial charge in [-0.25, -0.2) is 4.39 Å². The topological polar surface area (TPSA) is 27.0 Å². The van der Waals surface area contributed by atoms with Crippen LogP contribution in [0.2, 0.25) is 0 Å². The molecule has 3 heteroatoms. The quantitative estimate of drug-likeness (QED) is 0.796. The SMILES string of the molecule is N#Cc1cc(CN(CC2CC2)C2CC2)ccc1F. The molecule has 0 unspecified atom stereocenters. The van der Waals surface area contributed by atoms with Crippen LogP contribution in [0, 0.1) is 23.1 Å². The van der Waals surface area contributed by atoms with E-state index in [1.165, 1.54) is 38.3 Å². The normalized spacial score (nSPS) is 18.9. The van der Waals surface area contributed by atoms with Crippen LogP contribution < -0.4 is 0 Å². The number of nitrogens with zero attached hydrogens (tertiary/aromatic N) is 2. The van der Waals surface area contributed by atoms with Crippen molar-refractivity contribution in [2.24, 2.45) is 5.92 Å². The fourth-order valence-corrected chi connectivity index (χ4v) is 2.41. The third kappa shape index (κ3) is 2.70. The molecule has 0 amide bonds. The summed E-state index contributed by atoms with van der Waals surface area (Å²) in [6, 6.07) is 7.55. The molecule has 94 valence electrons. The molecular weight excluding hydrogens is 227 g/mol. The highest BCUT2D eigenvalue weighted by molar-refractivity contribution is 5.34. The summed E-state index contributed by atoms with van der Waals surface area (Å²) in [7, 11) is 0. The lowest BCUT2D eigenvalue weighted by atomic mass is 10.1. The van der Waals surface area contributed by atoms with Gasteiger partial charge in [-0.05, 0) is 49.3 Å². The van der Waals surface area contributed by atoms with Crippen molar-refractivity contribution in [3.8, 4) is 6.07 Å². The molecule has 0 aliphatic heterocycles. The zero-order chi connectivity index (χ0) is 12.5. The lowest BCUT2D eigenvalue weighted by Gasteiger charge is -2.22. The molecule has 2 aliphatic carbocycles. The molecule has 0 spiro atoms. The molecule has 0 bridgehead atoms. The standard InChI is InChI=1S/C15H17FN2/c16-15-6-3-12(7-13(15)8-17)10-18(14-4-5-14)9-11-1-2-11/h3,6-7,11,14H,1-2,4-5,9-10H2. The molecule has 0 radical (unpaired) electrons. The molecule has 0 heterocycles. The van der Waals surface area contributed by atoms with Gasteiger partial charge in [0.25, 0.3) is 0 Å². The average molecular weight is 244 g/mol. The van der Waals surface area contributed by atoms with Crippen LogP contribution in [0.25, 0.3) is 0 Å². The molecule has 2 fully saturated rings. The number of hydrogen-bond acceptors (Lipinski definition) is 2. The predicted molar refractivity (Wildman–Crippen MR) is 67.3 cm³/mol. The summed E-state index contributed by atoms with van der Waals surface area (Å²) in [5.41, 5.74) is 1.22. The third-order valence-electron chi connectivity index (χ3n) is 3.79. The Morgan fingerprint density at radius 2 is 2.06 bits per heavy atom. The lowest BCUT2D eigenvalue weighted by molar-refractivity contribution is 0.244. The molecular formula is C15H17FN2. The highest BCUT2D eigenvalue weighted by Crippen LogP contribution is 2.35. The minimum atomic E-state index is -0.415. The zero-order valence-electron chi connectivity index (χ0n) is 10.4. The molecule has 1 aromatic rings. The van der Waals surface area contributed by atoms with Crippen LogP contribution in [0.5, 0.6) is 0 Å². The van der Waals surface area contributed by atoms with E-state index in [2.05, 4.69) is 4.90 Å². The van der Waals surface area contributed by atoms with E-state index in [0.29, 0.717) is 0 Å². The first-order chi connectivity index (χ1) is 8.76. The van der Waals surface area contributed by atoms with Gasteiger partial charge in [0.05, 0.1) is 5.56 Å². The molecule has 18 heavy (non-hydrogen) atoms. The highest BCUT2D eigenvalue weighted by atomic mass is 19.1. The molecule has 3 rings (SSSR count). The van der Waals surface area contributed by atoms with Gasteiger partial charge in [-0.15, -0.1) is 0 Å². The Hall–Kier alpha value is -1.40. The minimum Gasteiger partial charge on any atom is -0.296 e. The summed E-state index contributed by atoms with van der Waals surface area (Å²) in [6.45, 7) is 2.03. The van der Waals surface area contributed by atoms with Crippen LogP contribution in [0.4, 0.5) is 4.39 Å². The molecule has 2 saturated carbocycles. The summed E-state index contributed by atoms with van der Waals surface area (Å²) in [4.78, 5) is 2.51. The second-order valence-electron chi connectivity index (χ2n) is 5.53. The second kappa shape index (κ2) is 4.70. The van der Waals surface area contributed by atoms with Crippen molar-refractivity contribution in [1.82, 2.24) is 4.90 Å². The Labute approximate surface area is 107 Å². The Morgan fingerprint density at radius 3 is 2.67 bits per heavy atom. The first-order valence-electron chi connectivity index (χ1n) is 6.69. The van der Waals surface area contributed by atoms with Crippen molar-refractivity contribution >= 4 is 0 Å². The Bertz CT molecular complexity index is 484. The van der Waals surface area contributed by atoms with Gasteiger partial charge < -0.3 is 0 Å². The first-order valence-corrected chi connectivity index (χ1v) is 6.69. The summed E-state index contributed by atoms with van der Waals surface area (Å²) in [5, 5.41) is 8.85. The van der Waals surface area contributed by atoms with Crippen molar-refractivity contribution < 1.29 is 4.39 Å². The van der Waals surface area contributed by atoms with Gasteiger partial charge in [0, 0.05) is 19.1 Å². The Morgan fingerprint density at radius 1 is 1.28 bits per heavy atom. The number of hydrogen-bond donors (Lipinski definition) is 0. The van der Waals surface area contributed by atoms with Crippen LogP contribution in [-0.2, 0) is 6.54 Å². The van der Waals surface area contributed by atoms with E-state index in [9.17, 15) is 4.39 Å². The molecule has 0 atom stereocenters. The maximum Gasteiger partial charge on any atom is 0.140 e. The smallest absolute Gasteiger partial charge is 0.140 e. The number of rotatable bonds is 5. The van der Waals surface area contributed by atoms with E-state index in [-0.39, 0.29) is 5.56 Å². The van der Waals surface area contributed by atoms with Crippen molar-refractivity contribution in [1.29, 1.82) is 5.26 Å². The Kier molecular flexibility index (Phi) is 3.05. The predicted octanol–water partition coefficient (Wildman–Crippen LogP) is 3.07. The van der Waals surface area contributed by atoms with Gasteiger partial charge in [0.15, 0.2) is 0 Å². The zero-order valence-corrected chi connectivity index (χ0v) is 10.4. The van der Waals surface area contributed by atoms with Crippen molar-refractivity contribution in [2.45, 2.75) is 38.3 Å². The summed E-state index contributed by atoms with van der Waals surface area (Å²) in [5.74, 6) is 0.461. The molecule has 0 N–H and O–H groups in total. The number of nitriles is 1. The van der Waals surface area contributed by atoms with Crippen molar-refractivity contribution in [2.75, 3.05) is 6.54 Å². The Balaban J connectivity index is 1.71. The van der Waals surface area contributed by atoms with Crippen LogP contribution >= 0.6 is 0 Å². The van der Waals surface area contributed by atoms with Gasteiger partial charge in [-0.3, -0.25) is 4.90 Å². The lowest BCUT2D eigenvalue weighted by Crippen LogP contribution is -2.27. The van der Waals surface area contributed by atoms with Gasteiger partial charge in [0.1, 0.15) is 11.9 Å². The summed E-state index contributed by atoms with van der Waals surface area (Å²) in [6.07, 6.45) is 5.30. The summed E-state index contributed by atoms with van der Waals surface area (Å²) < 4.78 is 13.3. The number of benzene rings is 1. The van der Waals surface area contributed by atoms with E-state index in [1.54, 1.807) is 12.1 Å². The van der Waals surface area contributed by atoms with Gasteiger partial charge in [-0.1, -0.05) is 6.07 Å².